The van der Waals surface area contributed by atoms with Gasteiger partial charge in [-0.2, -0.15) is 0 Å². The van der Waals surface area contributed by atoms with E-state index in [1.807, 2.05) is 17.5 Å². The van der Waals surface area contributed by atoms with Crippen molar-refractivity contribution in [2.75, 3.05) is 5.32 Å². The average molecular weight is 289 g/mol. The van der Waals surface area contributed by atoms with Crippen LogP contribution >= 0.6 is 11.3 Å². The normalized spacial score (nSPS) is 11.7. The number of aromatic nitrogens is 1. The van der Waals surface area contributed by atoms with Gasteiger partial charge in [-0.3, -0.25) is 14.6 Å². The molecule has 0 bridgehead atoms. The van der Waals surface area contributed by atoms with Gasteiger partial charge in [-0.05, 0) is 23.6 Å². The number of rotatable bonds is 5. The maximum absolute atomic E-state index is 12.0. The molecule has 6 heteroatoms. The Bertz CT molecular complexity index is 569. The van der Waals surface area contributed by atoms with Gasteiger partial charge >= 0.3 is 0 Å². The zero-order valence-electron chi connectivity index (χ0n) is 11.0. The molecule has 0 radical (unpaired) electrons. The number of pyridine rings is 1. The highest BCUT2D eigenvalue weighted by Crippen LogP contribution is 2.22. The predicted molar refractivity (Wildman–Crippen MR) is 78.4 cm³/mol. The molecule has 2 heterocycles. The van der Waals surface area contributed by atoms with Crippen molar-refractivity contribution in [1.29, 1.82) is 0 Å². The number of thiophene rings is 1. The first kappa shape index (κ1) is 14.2. The molecule has 2 N–H and O–H groups in total. The Morgan fingerprint density at radius 1 is 1.35 bits per heavy atom. The lowest BCUT2D eigenvalue weighted by Crippen LogP contribution is -2.29. The van der Waals surface area contributed by atoms with Crippen LogP contribution in [0.15, 0.2) is 42.0 Å². The predicted octanol–water partition coefficient (Wildman–Crippen LogP) is 2.35. The van der Waals surface area contributed by atoms with E-state index < -0.39 is 0 Å². The van der Waals surface area contributed by atoms with Crippen molar-refractivity contribution in [3.05, 3.63) is 46.9 Å². The SMILES string of the molecule is CC(=O)N[C@H](CC(=O)Nc1cccnc1)c1cccs1. The van der Waals surface area contributed by atoms with Gasteiger partial charge in [0, 0.05) is 18.0 Å². The highest BCUT2D eigenvalue weighted by atomic mass is 32.1. The molecule has 0 fully saturated rings. The van der Waals surface area contributed by atoms with Crippen LogP contribution in [-0.4, -0.2) is 16.8 Å². The van der Waals surface area contributed by atoms with Crippen molar-refractivity contribution in [3.63, 3.8) is 0 Å². The molecule has 104 valence electrons. The fourth-order valence-corrected chi connectivity index (χ4v) is 2.57. The number of anilines is 1. The van der Waals surface area contributed by atoms with E-state index in [1.54, 1.807) is 24.5 Å². The minimum atomic E-state index is -0.302. The molecule has 1 atom stereocenters. The topological polar surface area (TPSA) is 71.1 Å². The van der Waals surface area contributed by atoms with Gasteiger partial charge in [0.1, 0.15) is 0 Å². The molecule has 0 unspecified atom stereocenters. The summed E-state index contributed by atoms with van der Waals surface area (Å²) in [5.41, 5.74) is 0.644. The molecule has 0 aromatic carbocycles. The second kappa shape index (κ2) is 6.81. The van der Waals surface area contributed by atoms with Crippen LogP contribution in [0.2, 0.25) is 0 Å². The summed E-state index contributed by atoms with van der Waals surface area (Å²) in [5, 5.41) is 7.47. The van der Waals surface area contributed by atoms with E-state index in [0.29, 0.717) is 5.69 Å². The molecule has 2 aromatic heterocycles. The first-order valence-corrected chi connectivity index (χ1v) is 7.03. The Hall–Kier alpha value is -2.21. The largest absolute Gasteiger partial charge is 0.348 e. The van der Waals surface area contributed by atoms with Crippen LogP contribution < -0.4 is 10.6 Å². The minimum Gasteiger partial charge on any atom is -0.348 e. The lowest BCUT2D eigenvalue weighted by atomic mass is 10.1. The Labute approximate surface area is 121 Å². The van der Waals surface area contributed by atoms with Crippen molar-refractivity contribution in [2.45, 2.75) is 19.4 Å². The van der Waals surface area contributed by atoms with Crippen LogP contribution in [0.4, 0.5) is 5.69 Å². The molecule has 0 aliphatic rings. The average Bonchev–Trinajstić information content (AvgIpc) is 2.92. The van der Waals surface area contributed by atoms with Gasteiger partial charge < -0.3 is 10.6 Å². The third-order valence-electron chi connectivity index (χ3n) is 2.60. The zero-order chi connectivity index (χ0) is 14.4. The summed E-state index contributed by atoms with van der Waals surface area (Å²) in [7, 11) is 0. The van der Waals surface area contributed by atoms with E-state index in [1.165, 1.54) is 18.3 Å². The van der Waals surface area contributed by atoms with Crippen molar-refractivity contribution in [2.24, 2.45) is 0 Å². The van der Waals surface area contributed by atoms with E-state index in [0.717, 1.165) is 4.88 Å². The number of hydrogen-bond acceptors (Lipinski definition) is 4. The maximum atomic E-state index is 12.0. The molecule has 0 aliphatic carbocycles. The summed E-state index contributed by atoms with van der Waals surface area (Å²) in [5.74, 6) is -0.317. The monoisotopic (exact) mass is 289 g/mol. The molecular formula is C14H15N3O2S. The summed E-state index contributed by atoms with van der Waals surface area (Å²) in [6, 6.07) is 7.02. The van der Waals surface area contributed by atoms with E-state index in [9.17, 15) is 9.59 Å². The third kappa shape index (κ3) is 4.17. The van der Waals surface area contributed by atoms with Gasteiger partial charge in [0.25, 0.3) is 0 Å². The Morgan fingerprint density at radius 3 is 2.80 bits per heavy atom. The minimum absolute atomic E-state index is 0.155. The molecule has 0 spiro atoms. The maximum Gasteiger partial charge on any atom is 0.226 e. The smallest absolute Gasteiger partial charge is 0.226 e. The van der Waals surface area contributed by atoms with Gasteiger partial charge in [0.15, 0.2) is 0 Å². The first-order valence-electron chi connectivity index (χ1n) is 6.15. The highest BCUT2D eigenvalue weighted by molar-refractivity contribution is 7.10. The fraction of sp³-hybridized carbons (Fsp3) is 0.214. The van der Waals surface area contributed by atoms with Crippen LogP contribution in [0.25, 0.3) is 0 Å². The molecular weight excluding hydrogens is 274 g/mol. The van der Waals surface area contributed by atoms with Gasteiger partial charge in [-0.25, -0.2) is 0 Å². The molecule has 0 aliphatic heterocycles. The number of nitrogens with zero attached hydrogens (tertiary/aromatic N) is 1. The number of carbonyl (C=O) groups excluding carboxylic acids is 2. The molecule has 5 nitrogen and oxygen atoms in total. The van der Waals surface area contributed by atoms with Crippen LogP contribution in [0, 0.1) is 0 Å². The van der Waals surface area contributed by atoms with E-state index in [4.69, 9.17) is 0 Å². The number of nitrogens with one attached hydrogen (secondary N) is 2. The Kier molecular flexibility index (Phi) is 4.84. The standard InChI is InChI=1S/C14H15N3O2S/c1-10(18)16-12(13-5-3-7-20-13)8-14(19)17-11-4-2-6-15-9-11/h2-7,9,12H,8H2,1H3,(H,16,18)(H,17,19)/t12-/m1/s1. The van der Waals surface area contributed by atoms with Crippen LogP contribution in [0.5, 0.6) is 0 Å². The Morgan fingerprint density at radius 2 is 2.20 bits per heavy atom. The number of carbonyl (C=O) groups is 2. The molecule has 20 heavy (non-hydrogen) atoms. The summed E-state index contributed by atoms with van der Waals surface area (Å²) in [6.45, 7) is 1.44. The van der Waals surface area contributed by atoms with E-state index in [2.05, 4.69) is 15.6 Å². The number of hydrogen-bond donors (Lipinski definition) is 2. The van der Waals surface area contributed by atoms with Crippen molar-refractivity contribution >= 4 is 28.8 Å². The van der Waals surface area contributed by atoms with Crippen molar-refractivity contribution < 1.29 is 9.59 Å². The molecule has 2 rings (SSSR count). The van der Waals surface area contributed by atoms with Crippen LogP contribution in [0.3, 0.4) is 0 Å². The summed E-state index contributed by atoms with van der Waals surface area (Å²) in [6.07, 6.45) is 3.41. The van der Waals surface area contributed by atoms with Crippen LogP contribution in [-0.2, 0) is 9.59 Å². The summed E-state index contributed by atoms with van der Waals surface area (Å²) < 4.78 is 0. The van der Waals surface area contributed by atoms with Gasteiger partial charge in [0.2, 0.25) is 11.8 Å². The highest BCUT2D eigenvalue weighted by Gasteiger charge is 2.18. The van der Waals surface area contributed by atoms with Crippen molar-refractivity contribution in [1.82, 2.24) is 10.3 Å². The third-order valence-corrected chi connectivity index (χ3v) is 3.58. The summed E-state index contributed by atoms with van der Waals surface area (Å²) in [4.78, 5) is 28.1. The quantitative estimate of drug-likeness (QED) is 0.887. The lowest BCUT2D eigenvalue weighted by Gasteiger charge is -2.16. The second-order valence-electron chi connectivity index (χ2n) is 4.26. The van der Waals surface area contributed by atoms with Gasteiger partial charge in [-0.1, -0.05) is 6.07 Å². The molecule has 0 saturated carbocycles. The first-order chi connectivity index (χ1) is 9.65. The summed E-state index contributed by atoms with van der Waals surface area (Å²) >= 11 is 1.51. The Balaban J connectivity index is 2.00. The van der Waals surface area contributed by atoms with Gasteiger partial charge in [-0.15, -0.1) is 11.3 Å². The van der Waals surface area contributed by atoms with Crippen LogP contribution in [0.1, 0.15) is 24.3 Å². The molecule has 2 amide bonds. The lowest BCUT2D eigenvalue weighted by molar-refractivity contribution is -0.120. The van der Waals surface area contributed by atoms with Gasteiger partial charge in [0.05, 0.1) is 24.3 Å². The molecule has 2 aromatic rings. The fourth-order valence-electron chi connectivity index (χ4n) is 1.79. The zero-order valence-corrected chi connectivity index (χ0v) is 11.8. The van der Waals surface area contributed by atoms with E-state index in [-0.39, 0.29) is 24.3 Å². The molecule has 0 saturated heterocycles. The number of amides is 2. The van der Waals surface area contributed by atoms with Crippen molar-refractivity contribution in [3.8, 4) is 0 Å². The van der Waals surface area contributed by atoms with E-state index >= 15 is 0 Å². The second-order valence-corrected chi connectivity index (χ2v) is 5.24.